The van der Waals surface area contributed by atoms with E-state index in [1.807, 2.05) is 0 Å². The van der Waals surface area contributed by atoms with Crippen LogP contribution in [0.5, 0.6) is 0 Å². The maximum Gasteiger partial charge on any atom is 0.306 e. The third-order valence-electron chi connectivity index (χ3n) is 7.61. The predicted octanol–water partition coefficient (Wildman–Crippen LogP) is 1.72. The minimum absolute atomic E-state index is 0.0732. The maximum atomic E-state index is 14.3. The number of carbonyl (C=O) groups excluding carboxylic acids is 1. The molecule has 4 rings (SSSR count). The molecule has 4 fully saturated rings. The van der Waals surface area contributed by atoms with Gasteiger partial charge in [0, 0.05) is 25.2 Å². The summed E-state index contributed by atoms with van der Waals surface area (Å²) in [7, 11) is -3.99. The fraction of sp³-hybridized carbons (Fsp3) is 0.952. The van der Waals surface area contributed by atoms with Crippen molar-refractivity contribution >= 4 is 15.9 Å². The Hall–Kier alpha value is -1.02. The Balaban J connectivity index is 1.48. The summed E-state index contributed by atoms with van der Waals surface area (Å²) in [5, 5.41) is 2.31. The third kappa shape index (κ3) is 5.09. The van der Waals surface area contributed by atoms with Crippen LogP contribution in [-0.2, 0) is 19.6 Å². The second-order valence-corrected chi connectivity index (χ2v) is 12.2. The molecular weight excluding hydrogens is 480 g/mol. The second-order valence-electron chi connectivity index (χ2n) is 10.1. The number of alkyl halides is 4. The SMILES string of the molecule is CC1NN(C(F)F)CC1S(=O)(=O)N1C[C@H](C)OC2CCC(NC(=O)C3C(F)CCCC3F)CC21. The predicted molar refractivity (Wildman–Crippen MR) is 116 cm³/mol. The highest BCUT2D eigenvalue weighted by atomic mass is 32.2. The van der Waals surface area contributed by atoms with Crippen molar-refractivity contribution in [3.8, 4) is 0 Å². The zero-order valence-electron chi connectivity index (χ0n) is 19.4. The number of halogens is 4. The lowest BCUT2D eigenvalue weighted by Crippen LogP contribution is -2.63. The van der Waals surface area contributed by atoms with Gasteiger partial charge < -0.3 is 10.1 Å². The van der Waals surface area contributed by atoms with Crippen molar-refractivity contribution in [1.29, 1.82) is 0 Å². The van der Waals surface area contributed by atoms with E-state index in [0.717, 1.165) is 0 Å². The van der Waals surface area contributed by atoms with Gasteiger partial charge in [-0.25, -0.2) is 22.6 Å². The zero-order valence-corrected chi connectivity index (χ0v) is 20.2. The lowest BCUT2D eigenvalue weighted by atomic mass is 9.83. The van der Waals surface area contributed by atoms with Gasteiger partial charge in [0.1, 0.15) is 23.5 Å². The van der Waals surface area contributed by atoms with Crippen LogP contribution in [0.25, 0.3) is 0 Å². The molecule has 34 heavy (non-hydrogen) atoms. The van der Waals surface area contributed by atoms with E-state index in [-0.39, 0.29) is 38.5 Å². The standard InChI is InChI=1S/C21H34F4N4O4S/c1-11-9-29(34(31,32)18-10-28(21(24)25)27-12(18)2)16-8-13(6-7-17(16)33-11)26-20(30)19-14(22)4-3-5-15(19)23/h11-19,21,27H,3-10H2,1-2H3,(H,26,30)/t11-,12?,13?,14?,15?,16?,17?,18?,19?/m0/s1. The molecule has 8 nitrogen and oxygen atoms in total. The van der Waals surface area contributed by atoms with Gasteiger partial charge in [-0.2, -0.15) is 18.1 Å². The van der Waals surface area contributed by atoms with Crippen LogP contribution >= 0.6 is 0 Å². The fourth-order valence-corrected chi connectivity index (χ4v) is 8.16. The number of ether oxygens (including phenoxy) is 1. The number of sulfonamides is 1. The summed E-state index contributed by atoms with van der Waals surface area (Å²) < 4.78 is 89.4. The van der Waals surface area contributed by atoms with Crippen molar-refractivity contribution in [2.75, 3.05) is 13.1 Å². The normalized spacial score (nSPS) is 42.5. The largest absolute Gasteiger partial charge is 0.372 e. The van der Waals surface area contributed by atoms with Gasteiger partial charge in [-0.1, -0.05) is 0 Å². The molecule has 196 valence electrons. The molecular formula is C21H34F4N4O4S. The van der Waals surface area contributed by atoms with Crippen molar-refractivity contribution in [3.05, 3.63) is 0 Å². The summed E-state index contributed by atoms with van der Waals surface area (Å²) in [4.78, 5) is 12.7. The molecule has 0 bridgehead atoms. The van der Waals surface area contributed by atoms with E-state index in [9.17, 15) is 30.8 Å². The Morgan fingerprint density at radius 2 is 1.76 bits per heavy atom. The molecule has 2 saturated carbocycles. The van der Waals surface area contributed by atoms with Gasteiger partial charge in [0.15, 0.2) is 0 Å². The highest BCUT2D eigenvalue weighted by molar-refractivity contribution is 7.89. The molecule has 1 amide bonds. The van der Waals surface area contributed by atoms with Gasteiger partial charge in [0.05, 0.1) is 18.2 Å². The molecule has 2 saturated heterocycles. The molecule has 2 heterocycles. The molecule has 0 radical (unpaired) electrons. The van der Waals surface area contributed by atoms with Gasteiger partial charge in [-0.3, -0.25) is 4.79 Å². The first kappa shape index (κ1) is 26.1. The van der Waals surface area contributed by atoms with Crippen LogP contribution in [0.2, 0.25) is 0 Å². The van der Waals surface area contributed by atoms with Crippen LogP contribution in [0.4, 0.5) is 17.6 Å². The van der Waals surface area contributed by atoms with Crippen molar-refractivity contribution in [2.24, 2.45) is 5.92 Å². The number of nitrogens with one attached hydrogen (secondary N) is 2. The molecule has 8 atom stereocenters. The molecule has 2 aliphatic carbocycles. The number of fused-ring (bicyclic) bond motifs is 1. The third-order valence-corrected chi connectivity index (χ3v) is 10.0. The molecule has 0 spiro atoms. The summed E-state index contributed by atoms with van der Waals surface area (Å²) in [6.07, 6.45) is -1.96. The van der Waals surface area contributed by atoms with Gasteiger partial charge in [0.25, 0.3) is 0 Å². The quantitative estimate of drug-likeness (QED) is 0.429. The van der Waals surface area contributed by atoms with E-state index in [2.05, 4.69) is 10.7 Å². The van der Waals surface area contributed by atoms with Crippen LogP contribution in [-0.4, -0.2) is 91.2 Å². The summed E-state index contributed by atoms with van der Waals surface area (Å²) in [5.74, 6) is -2.02. The first-order chi connectivity index (χ1) is 16.0. The van der Waals surface area contributed by atoms with Crippen LogP contribution in [0.15, 0.2) is 0 Å². The van der Waals surface area contributed by atoms with Crippen LogP contribution in [0.1, 0.15) is 52.4 Å². The lowest BCUT2D eigenvalue weighted by molar-refractivity contribution is -0.134. The van der Waals surface area contributed by atoms with Gasteiger partial charge in [-0.15, -0.1) is 0 Å². The lowest BCUT2D eigenvalue weighted by Gasteiger charge is -2.48. The van der Waals surface area contributed by atoms with Gasteiger partial charge in [0.2, 0.25) is 15.9 Å². The average Bonchev–Trinajstić information content (AvgIpc) is 3.16. The molecule has 13 heteroatoms. The highest BCUT2D eigenvalue weighted by Crippen LogP contribution is 2.36. The minimum atomic E-state index is -3.99. The van der Waals surface area contributed by atoms with E-state index in [1.165, 1.54) is 4.31 Å². The zero-order chi connectivity index (χ0) is 24.8. The van der Waals surface area contributed by atoms with E-state index in [0.29, 0.717) is 24.3 Å². The van der Waals surface area contributed by atoms with E-state index < -0.39 is 70.2 Å². The number of hydrogen-bond acceptors (Lipinski definition) is 6. The summed E-state index contributed by atoms with van der Waals surface area (Å²) in [6.45, 7) is 0.221. The second kappa shape index (κ2) is 10.2. The number of morpholine rings is 1. The smallest absolute Gasteiger partial charge is 0.306 e. The first-order valence-corrected chi connectivity index (χ1v) is 13.5. The highest BCUT2D eigenvalue weighted by Gasteiger charge is 2.51. The molecule has 7 unspecified atom stereocenters. The molecule has 0 aromatic rings. The topological polar surface area (TPSA) is 91.0 Å². The average molecular weight is 515 g/mol. The van der Waals surface area contributed by atoms with Gasteiger partial charge in [-0.05, 0) is 52.4 Å². The Bertz CT molecular complexity index is 843. The van der Waals surface area contributed by atoms with E-state index in [1.54, 1.807) is 13.8 Å². The monoisotopic (exact) mass is 514 g/mol. The van der Waals surface area contributed by atoms with Crippen molar-refractivity contribution in [2.45, 2.75) is 107 Å². The summed E-state index contributed by atoms with van der Waals surface area (Å²) in [6, 6.07) is -1.76. The maximum absolute atomic E-state index is 14.3. The van der Waals surface area contributed by atoms with Crippen molar-refractivity contribution < 1.29 is 35.5 Å². The molecule has 0 aromatic carbocycles. The number of nitrogens with zero attached hydrogens (tertiary/aromatic N) is 2. The molecule has 2 N–H and O–H groups in total. The summed E-state index contributed by atoms with van der Waals surface area (Å²) >= 11 is 0. The molecule has 0 aromatic heterocycles. The van der Waals surface area contributed by atoms with E-state index >= 15 is 0 Å². The Labute approximate surface area is 197 Å². The number of hydrogen-bond donors (Lipinski definition) is 2. The molecule has 2 aliphatic heterocycles. The number of hydrazine groups is 1. The fourth-order valence-electron chi connectivity index (χ4n) is 5.87. The Morgan fingerprint density at radius 3 is 2.38 bits per heavy atom. The van der Waals surface area contributed by atoms with Crippen LogP contribution < -0.4 is 10.7 Å². The van der Waals surface area contributed by atoms with Crippen molar-refractivity contribution in [1.82, 2.24) is 20.1 Å². The minimum Gasteiger partial charge on any atom is -0.372 e. The van der Waals surface area contributed by atoms with Crippen LogP contribution in [0.3, 0.4) is 0 Å². The van der Waals surface area contributed by atoms with E-state index in [4.69, 9.17) is 4.74 Å². The Morgan fingerprint density at radius 1 is 1.09 bits per heavy atom. The number of amides is 1. The molecule has 4 aliphatic rings. The van der Waals surface area contributed by atoms with Gasteiger partial charge >= 0.3 is 6.55 Å². The van der Waals surface area contributed by atoms with Crippen LogP contribution in [0, 0.1) is 5.92 Å². The number of carbonyl (C=O) groups is 1. The van der Waals surface area contributed by atoms with Crippen molar-refractivity contribution in [3.63, 3.8) is 0 Å². The number of rotatable bonds is 5. The Kier molecular flexibility index (Phi) is 7.78. The first-order valence-electron chi connectivity index (χ1n) is 12.0. The summed E-state index contributed by atoms with van der Waals surface area (Å²) in [5.41, 5.74) is 2.53.